The van der Waals surface area contributed by atoms with Gasteiger partial charge < -0.3 is 25.2 Å². The highest BCUT2D eigenvalue weighted by Gasteiger charge is 2.23. The van der Waals surface area contributed by atoms with E-state index >= 15 is 0 Å². The molecule has 1 aliphatic heterocycles. The van der Waals surface area contributed by atoms with E-state index in [0.717, 1.165) is 69.4 Å². The Labute approximate surface area is 211 Å². The van der Waals surface area contributed by atoms with Crippen LogP contribution in [0.2, 0.25) is 0 Å². The number of nitrogens with zero attached hydrogens (tertiary/aromatic N) is 2. The fourth-order valence-corrected chi connectivity index (χ4v) is 4.18. The van der Waals surface area contributed by atoms with Crippen LogP contribution in [0.15, 0.2) is 23.2 Å². The smallest absolute Gasteiger partial charge is 0.191 e. The minimum atomic E-state index is 0. The van der Waals surface area contributed by atoms with Crippen LogP contribution in [-0.4, -0.2) is 69.0 Å². The van der Waals surface area contributed by atoms with E-state index in [1.54, 1.807) is 14.2 Å². The number of hydrogen-bond acceptors (Lipinski definition) is 5. The quantitative estimate of drug-likeness (QED) is 0.206. The normalized spacial score (nSPS) is 17.7. The lowest BCUT2D eigenvalue weighted by Gasteiger charge is -2.21. The van der Waals surface area contributed by atoms with Gasteiger partial charge >= 0.3 is 0 Å². The molecule has 1 fully saturated rings. The van der Waals surface area contributed by atoms with Gasteiger partial charge in [-0.25, -0.2) is 0 Å². The van der Waals surface area contributed by atoms with E-state index in [2.05, 4.69) is 48.4 Å². The Morgan fingerprint density at radius 3 is 2.47 bits per heavy atom. The molecule has 1 aromatic carbocycles. The number of hydrogen-bond donors (Lipinski definition) is 3. The number of benzene rings is 1. The maximum atomic E-state index is 9.36. The van der Waals surface area contributed by atoms with Gasteiger partial charge in [0, 0.05) is 51.4 Å². The van der Waals surface area contributed by atoms with Crippen molar-refractivity contribution in [2.24, 2.45) is 16.8 Å². The SMILES string of the molecule is CCNC(=NCC(CCO)CC(C)C)NC1CCN(Cc2cc(OC)cc(OC)c2)C1.I. The van der Waals surface area contributed by atoms with Gasteiger partial charge in [-0.15, -0.1) is 24.0 Å². The molecule has 1 heterocycles. The van der Waals surface area contributed by atoms with Gasteiger partial charge in [-0.3, -0.25) is 9.89 Å². The fourth-order valence-electron chi connectivity index (χ4n) is 4.18. The summed E-state index contributed by atoms with van der Waals surface area (Å²) in [7, 11) is 3.37. The zero-order valence-electron chi connectivity index (χ0n) is 20.4. The number of methoxy groups -OCH3 is 2. The van der Waals surface area contributed by atoms with Gasteiger partial charge in [0.15, 0.2) is 5.96 Å². The molecule has 2 atom stereocenters. The zero-order valence-corrected chi connectivity index (χ0v) is 22.7. The Bertz CT molecular complexity index is 665. The summed E-state index contributed by atoms with van der Waals surface area (Å²) in [6.07, 6.45) is 2.98. The Balaban J connectivity index is 0.00000512. The van der Waals surface area contributed by atoms with E-state index in [4.69, 9.17) is 14.5 Å². The van der Waals surface area contributed by atoms with Gasteiger partial charge in [0.05, 0.1) is 14.2 Å². The summed E-state index contributed by atoms with van der Waals surface area (Å²) in [5.41, 5.74) is 1.19. The lowest BCUT2D eigenvalue weighted by Crippen LogP contribution is -2.44. The number of likely N-dealkylation sites (tertiary alicyclic amines) is 1. The van der Waals surface area contributed by atoms with Crippen LogP contribution in [0, 0.1) is 11.8 Å². The van der Waals surface area contributed by atoms with Crippen LogP contribution < -0.4 is 20.1 Å². The van der Waals surface area contributed by atoms with Gasteiger partial charge in [-0.1, -0.05) is 13.8 Å². The molecule has 0 saturated carbocycles. The maximum Gasteiger partial charge on any atom is 0.191 e. The number of ether oxygens (including phenoxy) is 2. The van der Waals surface area contributed by atoms with E-state index < -0.39 is 0 Å². The summed E-state index contributed by atoms with van der Waals surface area (Å²) in [5, 5.41) is 16.4. The van der Waals surface area contributed by atoms with E-state index in [9.17, 15) is 5.11 Å². The Morgan fingerprint density at radius 2 is 1.91 bits per heavy atom. The lowest BCUT2D eigenvalue weighted by molar-refractivity contribution is 0.245. The minimum absolute atomic E-state index is 0. The van der Waals surface area contributed by atoms with E-state index in [0.29, 0.717) is 17.9 Å². The summed E-state index contributed by atoms with van der Waals surface area (Å²) in [6, 6.07) is 6.42. The van der Waals surface area contributed by atoms with Gasteiger partial charge in [0.2, 0.25) is 0 Å². The molecule has 2 unspecified atom stereocenters. The molecule has 1 aromatic rings. The van der Waals surface area contributed by atoms with Crippen LogP contribution in [0.25, 0.3) is 0 Å². The van der Waals surface area contributed by atoms with Crippen molar-refractivity contribution >= 4 is 29.9 Å². The molecule has 0 radical (unpaired) electrons. The molecule has 32 heavy (non-hydrogen) atoms. The molecule has 184 valence electrons. The van der Waals surface area contributed by atoms with Crippen molar-refractivity contribution in [2.75, 3.05) is 47.0 Å². The predicted molar refractivity (Wildman–Crippen MR) is 142 cm³/mol. The third kappa shape index (κ3) is 10.1. The van der Waals surface area contributed by atoms with Gasteiger partial charge in [-0.2, -0.15) is 0 Å². The Kier molecular flexibility index (Phi) is 14.0. The standard InChI is InChI=1S/C24H42N4O3.HI/c1-6-25-24(26-15-19(8-10-29)11-18(2)3)27-21-7-9-28(17-21)16-20-12-22(30-4)14-23(13-20)31-5;/h12-14,18-19,21,29H,6-11,15-17H2,1-5H3,(H2,25,26,27);1H. The highest BCUT2D eigenvalue weighted by atomic mass is 127. The zero-order chi connectivity index (χ0) is 22.6. The molecule has 0 spiro atoms. The summed E-state index contributed by atoms with van der Waals surface area (Å²) in [5.74, 6) is 3.56. The summed E-state index contributed by atoms with van der Waals surface area (Å²) in [6.45, 7) is 11.2. The highest BCUT2D eigenvalue weighted by Crippen LogP contribution is 2.24. The topological polar surface area (TPSA) is 78.4 Å². The second-order valence-electron chi connectivity index (χ2n) is 8.81. The van der Waals surface area contributed by atoms with Gasteiger partial charge in [-0.05, 0) is 55.7 Å². The average molecular weight is 563 g/mol. The summed E-state index contributed by atoms with van der Waals surface area (Å²) >= 11 is 0. The molecule has 0 aliphatic carbocycles. The average Bonchev–Trinajstić information content (AvgIpc) is 3.18. The number of nitrogens with one attached hydrogen (secondary N) is 2. The number of aliphatic hydroxyl groups excluding tert-OH is 1. The van der Waals surface area contributed by atoms with Crippen molar-refractivity contribution in [3.63, 3.8) is 0 Å². The first kappa shape index (κ1) is 28.8. The molecule has 7 nitrogen and oxygen atoms in total. The van der Waals surface area contributed by atoms with Gasteiger partial charge in [0.25, 0.3) is 0 Å². The second-order valence-corrected chi connectivity index (χ2v) is 8.81. The molecule has 8 heteroatoms. The third-order valence-electron chi connectivity index (χ3n) is 5.62. The first-order valence-corrected chi connectivity index (χ1v) is 11.6. The molecule has 0 amide bonds. The van der Waals surface area contributed by atoms with Crippen molar-refractivity contribution in [1.82, 2.24) is 15.5 Å². The number of halogens is 1. The first-order valence-electron chi connectivity index (χ1n) is 11.6. The van der Waals surface area contributed by atoms with Crippen molar-refractivity contribution < 1.29 is 14.6 Å². The molecular formula is C24H43IN4O3. The summed E-state index contributed by atoms with van der Waals surface area (Å²) < 4.78 is 10.8. The van der Waals surface area contributed by atoms with E-state index in [1.165, 1.54) is 5.56 Å². The lowest BCUT2D eigenvalue weighted by atomic mass is 9.94. The van der Waals surface area contributed by atoms with Crippen molar-refractivity contribution in [2.45, 2.75) is 52.6 Å². The van der Waals surface area contributed by atoms with Crippen LogP contribution in [0.4, 0.5) is 0 Å². The van der Waals surface area contributed by atoms with Crippen molar-refractivity contribution in [3.8, 4) is 11.5 Å². The largest absolute Gasteiger partial charge is 0.497 e. The number of rotatable bonds is 12. The van der Waals surface area contributed by atoms with Crippen LogP contribution in [0.1, 0.15) is 45.6 Å². The summed E-state index contributed by atoms with van der Waals surface area (Å²) in [4.78, 5) is 7.28. The molecule has 3 N–H and O–H groups in total. The highest BCUT2D eigenvalue weighted by molar-refractivity contribution is 14.0. The predicted octanol–water partition coefficient (Wildman–Crippen LogP) is 3.50. The van der Waals surface area contributed by atoms with Crippen LogP contribution in [-0.2, 0) is 6.54 Å². The molecule has 0 aromatic heterocycles. The fraction of sp³-hybridized carbons (Fsp3) is 0.708. The minimum Gasteiger partial charge on any atom is -0.497 e. The van der Waals surface area contributed by atoms with Crippen LogP contribution >= 0.6 is 24.0 Å². The number of aliphatic hydroxyl groups is 1. The maximum absolute atomic E-state index is 9.36. The number of guanidine groups is 1. The van der Waals surface area contributed by atoms with E-state index in [1.807, 2.05) is 6.07 Å². The van der Waals surface area contributed by atoms with E-state index in [-0.39, 0.29) is 30.6 Å². The van der Waals surface area contributed by atoms with Crippen molar-refractivity contribution in [3.05, 3.63) is 23.8 Å². The monoisotopic (exact) mass is 562 g/mol. The second kappa shape index (κ2) is 15.6. The molecule has 0 bridgehead atoms. The molecule has 1 saturated heterocycles. The first-order chi connectivity index (χ1) is 15.0. The van der Waals surface area contributed by atoms with Crippen LogP contribution in [0.5, 0.6) is 11.5 Å². The van der Waals surface area contributed by atoms with Crippen molar-refractivity contribution in [1.29, 1.82) is 0 Å². The molecular weight excluding hydrogens is 519 g/mol. The number of aliphatic imine (C=N–C) groups is 1. The van der Waals surface area contributed by atoms with Crippen LogP contribution in [0.3, 0.4) is 0 Å². The van der Waals surface area contributed by atoms with Gasteiger partial charge in [0.1, 0.15) is 11.5 Å². The molecule has 2 rings (SSSR count). The Morgan fingerprint density at radius 1 is 1.22 bits per heavy atom. The third-order valence-corrected chi connectivity index (χ3v) is 5.62. The Hall–Kier alpha value is -1.26. The molecule has 1 aliphatic rings.